The number of hydrogen-bond donors (Lipinski definition) is 1. The van der Waals surface area contributed by atoms with E-state index in [2.05, 4.69) is 37.4 Å². The van der Waals surface area contributed by atoms with Gasteiger partial charge < -0.3 is 5.32 Å². The zero-order valence-corrected chi connectivity index (χ0v) is 13.1. The molecule has 0 spiro atoms. The Hall–Kier alpha value is -1.67. The van der Waals surface area contributed by atoms with Crippen molar-refractivity contribution in [2.45, 2.75) is 26.7 Å². The van der Waals surface area contributed by atoms with E-state index in [9.17, 15) is 4.39 Å². The third-order valence-electron chi connectivity index (χ3n) is 3.94. The van der Waals surface area contributed by atoms with Crippen LogP contribution in [-0.4, -0.2) is 13.6 Å². The summed E-state index contributed by atoms with van der Waals surface area (Å²) in [5.74, 6) is 0.347. The highest BCUT2D eigenvalue weighted by Crippen LogP contribution is 2.19. The first-order valence-corrected chi connectivity index (χ1v) is 7.53. The molecule has 0 heterocycles. The molecular formula is C19H24FN. The van der Waals surface area contributed by atoms with E-state index in [1.807, 2.05) is 19.2 Å². The van der Waals surface area contributed by atoms with Crippen LogP contribution in [0.15, 0.2) is 42.5 Å². The first kappa shape index (κ1) is 15.7. The summed E-state index contributed by atoms with van der Waals surface area (Å²) in [7, 11) is 1.99. The van der Waals surface area contributed by atoms with Crippen molar-refractivity contribution in [2.75, 3.05) is 13.6 Å². The SMILES string of the molecule is CNCC(Cc1ccc(F)cc1)Cc1cc(C)ccc1C. The molecule has 0 fully saturated rings. The third-order valence-corrected chi connectivity index (χ3v) is 3.94. The summed E-state index contributed by atoms with van der Waals surface area (Å²) in [6, 6.07) is 13.5. The molecule has 0 saturated carbocycles. The fourth-order valence-electron chi connectivity index (χ4n) is 2.79. The smallest absolute Gasteiger partial charge is 0.123 e. The van der Waals surface area contributed by atoms with Gasteiger partial charge in [-0.15, -0.1) is 0 Å². The summed E-state index contributed by atoms with van der Waals surface area (Å²) in [6.45, 7) is 5.27. The molecule has 1 N–H and O–H groups in total. The molecule has 0 aliphatic heterocycles. The number of benzene rings is 2. The molecule has 2 heteroatoms. The minimum atomic E-state index is -0.168. The van der Waals surface area contributed by atoms with Crippen LogP contribution < -0.4 is 5.32 Å². The Kier molecular flexibility index (Phi) is 5.51. The Morgan fingerprint density at radius 2 is 1.71 bits per heavy atom. The molecule has 0 amide bonds. The van der Waals surface area contributed by atoms with Crippen LogP contribution in [0.3, 0.4) is 0 Å². The van der Waals surface area contributed by atoms with Crippen molar-refractivity contribution in [1.82, 2.24) is 5.32 Å². The second kappa shape index (κ2) is 7.37. The van der Waals surface area contributed by atoms with Crippen molar-refractivity contribution in [2.24, 2.45) is 5.92 Å². The quantitative estimate of drug-likeness (QED) is 0.844. The predicted molar refractivity (Wildman–Crippen MR) is 87.1 cm³/mol. The highest BCUT2D eigenvalue weighted by molar-refractivity contribution is 5.31. The molecular weight excluding hydrogens is 261 g/mol. The maximum Gasteiger partial charge on any atom is 0.123 e. The van der Waals surface area contributed by atoms with Crippen molar-refractivity contribution >= 4 is 0 Å². The van der Waals surface area contributed by atoms with Crippen LogP contribution in [0.25, 0.3) is 0 Å². The maximum absolute atomic E-state index is 13.0. The van der Waals surface area contributed by atoms with E-state index in [4.69, 9.17) is 0 Å². The molecule has 1 atom stereocenters. The monoisotopic (exact) mass is 285 g/mol. The van der Waals surface area contributed by atoms with Gasteiger partial charge in [-0.25, -0.2) is 4.39 Å². The van der Waals surface area contributed by atoms with E-state index in [1.54, 1.807) is 12.1 Å². The first-order valence-electron chi connectivity index (χ1n) is 7.53. The fraction of sp³-hybridized carbons (Fsp3) is 0.368. The lowest BCUT2D eigenvalue weighted by atomic mass is 9.90. The van der Waals surface area contributed by atoms with E-state index in [1.165, 1.54) is 22.3 Å². The molecule has 0 bridgehead atoms. The third kappa shape index (κ3) is 4.68. The van der Waals surface area contributed by atoms with Crippen LogP contribution >= 0.6 is 0 Å². The average molecular weight is 285 g/mol. The molecule has 2 aromatic rings. The van der Waals surface area contributed by atoms with Crippen molar-refractivity contribution in [3.05, 3.63) is 70.5 Å². The molecule has 1 unspecified atom stereocenters. The summed E-state index contributed by atoms with van der Waals surface area (Å²) in [6.07, 6.45) is 2.01. The van der Waals surface area contributed by atoms with E-state index in [-0.39, 0.29) is 5.82 Å². The number of rotatable bonds is 6. The molecule has 0 aliphatic carbocycles. The highest BCUT2D eigenvalue weighted by Gasteiger charge is 2.12. The zero-order chi connectivity index (χ0) is 15.2. The molecule has 0 aromatic heterocycles. The lowest BCUT2D eigenvalue weighted by Crippen LogP contribution is -2.23. The van der Waals surface area contributed by atoms with Crippen LogP contribution in [0.4, 0.5) is 4.39 Å². The molecule has 0 saturated heterocycles. The minimum absolute atomic E-state index is 0.168. The van der Waals surface area contributed by atoms with Gasteiger partial charge in [0.15, 0.2) is 0 Å². The van der Waals surface area contributed by atoms with Gasteiger partial charge >= 0.3 is 0 Å². The van der Waals surface area contributed by atoms with E-state index in [0.29, 0.717) is 5.92 Å². The molecule has 112 valence electrons. The number of aryl methyl sites for hydroxylation is 2. The predicted octanol–water partition coefficient (Wildman–Crippen LogP) is 4.06. The van der Waals surface area contributed by atoms with Crippen molar-refractivity contribution < 1.29 is 4.39 Å². The summed E-state index contributed by atoms with van der Waals surface area (Å²) >= 11 is 0. The molecule has 21 heavy (non-hydrogen) atoms. The van der Waals surface area contributed by atoms with Crippen LogP contribution in [0, 0.1) is 25.6 Å². The summed E-state index contributed by atoms with van der Waals surface area (Å²) in [5, 5.41) is 3.28. The topological polar surface area (TPSA) is 12.0 Å². The van der Waals surface area contributed by atoms with Gasteiger partial charge in [-0.2, -0.15) is 0 Å². The lowest BCUT2D eigenvalue weighted by Gasteiger charge is -2.18. The van der Waals surface area contributed by atoms with Gasteiger partial charge in [0.25, 0.3) is 0 Å². The Bertz CT molecular complexity index is 575. The summed E-state index contributed by atoms with van der Waals surface area (Å²) in [5.41, 5.74) is 5.26. The van der Waals surface area contributed by atoms with Crippen LogP contribution in [-0.2, 0) is 12.8 Å². The highest BCUT2D eigenvalue weighted by atomic mass is 19.1. The van der Waals surface area contributed by atoms with E-state index < -0.39 is 0 Å². The van der Waals surface area contributed by atoms with Gasteiger partial charge in [0.05, 0.1) is 0 Å². The molecule has 2 rings (SSSR count). The van der Waals surface area contributed by atoms with Crippen LogP contribution in [0.5, 0.6) is 0 Å². The van der Waals surface area contributed by atoms with Gasteiger partial charge in [-0.1, -0.05) is 35.9 Å². The van der Waals surface area contributed by atoms with Gasteiger partial charge in [0.1, 0.15) is 5.82 Å². The number of hydrogen-bond acceptors (Lipinski definition) is 1. The Morgan fingerprint density at radius 3 is 2.38 bits per heavy atom. The van der Waals surface area contributed by atoms with E-state index >= 15 is 0 Å². The number of nitrogens with one attached hydrogen (secondary N) is 1. The Labute approximate surface area is 127 Å². The van der Waals surface area contributed by atoms with Crippen LogP contribution in [0.2, 0.25) is 0 Å². The minimum Gasteiger partial charge on any atom is -0.319 e. The largest absolute Gasteiger partial charge is 0.319 e. The van der Waals surface area contributed by atoms with Gasteiger partial charge in [0, 0.05) is 0 Å². The normalized spacial score (nSPS) is 12.4. The van der Waals surface area contributed by atoms with Gasteiger partial charge in [-0.3, -0.25) is 0 Å². The number of halogens is 1. The Balaban J connectivity index is 2.11. The zero-order valence-electron chi connectivity index (χ0n) is 13.1. The maximum atomic E-state index is 13.0. The standard InChI is InChI=1S/C19H24FN/c1-14-4-5-15(2)18(10-14)12-17(13-21-3)11-16-6-8-19(20)9-7-16/h4-10,17,21H,11-13H2,1-3H3. The second-order valence-corrected chi connectivity index (χ2v) is 5.89. The molecule has 1 nitrogen and oxygen atoms in total. The fourth-order valence-corrected chi connectivity index (χ4v) is 2.79. The van der Waals surface area contributed by atoms with Crippen molar-refractivity contribution in [3.63, 3.8) is 0 Å². The average Bonchev–Trinajstić information content (AvgIpc) is 2.45. The Morgan fingerprint density at radius 1 is 1.00 bits per heavy atom. The van der Waals surface area contributed by atoms with Crippen LogP contribution in [0.1, 0.15) is 22.3 Å². The summed E-state index contributed by atoms with van der Waals surface area (Å²) < 4.78 is 13.0. The summed E-state index contributed by atoms with van der Waals surface area (Å²) in [4.78, 5) is 0. The first-order chi connectivity index (χ1) is 10.1. The van der Waals surface area contributed by atoms with Gasteiger partial charge in [-0.05, 0) is 75.0 Å². The van der Waals surface area contributed by atoms with Crippen molar-refractivity contribution in [3.8, 4) is 0 Å². The molecule has 2 aromatic carbocycles. The van der Waals surface area contributed by atoms with Gasteiger partial charge in [0.2, 0.25) is 0 Å². The van der Waals surface area contributed by atoms with Crippen molar-refractivity contribution in [1.29, 1.82) is 0 Å². The van der Waals surface area contributed by atoms with E-state index in [0.717, 1.165) is 19.4 Å². The molecule has 0 aliphatic rings. The molecule has 0 radical (unpaired) electrons. The lowest BCUT2D eigenvalue weighted by molar-refractivity contribution is 0.491. The second-order valence-electron chi connectivity index (χ2n) is 5.89.